The molecule has 94 heavy (non-hydrogen) atoms. The lowest BCUT2D eigenvalue weighted by Gasteiger charge is -2.51. The summed E-state index contributed by atoms with van der Waals surface area (Å²) in [6.07, 6.45) is 0.0991. The molecule has 27 nitrogen and oxygen atoms in total. The molecule has 0 saturated carbocycles. The van der Waals surface area contributed by atoms with Crippen LogP contribution in [0.3, 0.4) is 0 Å². The number of rotatable bonds is 49. The van der Waals surface area contributed by atoms with E-state index in [9.17, 15) is 80.5 Å². The maximum absolute atomic E-state index is 13.7. The molecule has 4 saturated heterocycles. The van der Waals surface area contributed by atoms with Gasteiger partial charge in [-0.05, 0) is 19.8 Å². The second kappa shape index (κ2) is 45.7. The topological polar surface area (TPSA) is 421 Å². The standard InChI is InChI=1S/C67H123N3O24/c1-6-8-10-12-14-16-17-18-19-20-21-22-23-24-25-26-27-28-30-32-34-36-50(78)70-45(35-33-31-29-15-13-11-9-7-2)41-87-63-52(69-44(5)75)61(92-64-57(83)56(82)53(79)42(3)88-64)59(49(40-73)90-63)91-65-58(84)62(55(81)48(39-72)89-65)94-67(66(85)86)37-46(76)51(68-43(4)74)60(93-67)54(80)47(77)38-71/h42,45-49,51-65,71-73,76-77,79-84H,6-41H2,1-5H3,(H,68,74)(H,69,75)(H,70,78)(H,85,86)/t42-,45-,46-,47+,48+,49+,51+,52+,53+,54+,55-,56+,57-,58+,59+,60+,61+,62-,63+,64-,65-,67-/m0/s1. The van der Waals surface area contributed by atoms with Gasteiger partial charge in [-0.25, -0.2) is 4.79 Å². The number of aliphatic hydroxyl groups excluding tert-OH is 11. The minimum Gasteiger partial charge on any atom is -0.477 e. The molecule has 0 aliphatic carbocycles. The Balaban J connectivity index is 1.50. The quantitative estimate of drug-likeness (QED) is 0.0388. The number of aliphatic hydroxyl groups is 11. The SMILES string of the molecule is CCCCCCCCCCCCCCCCCCCCCCCC(=O)N[C@@H](CCCCCCCCCC)CO[C@@H]1O[C@H](CO)[C@@H](O[C@@H]2O[C@H](CO)[C@H](O)[C@H](O[C@]3(C(=O)O)C[C@H](O)[C@@H](NC(C)=O)[C@H]([C@H](O)[C@H](O)CO)O3)[C@H]2O)[C@H](O[C@@H]2O[C@@H](C)[C@@H](O)[C@@H](O)[C@@H]2O)[C@H]1NC(C)=O. The Hall–Kier alpha value is -2.88. The van der Waals surface area contributed by atoms with Gasteiger partial charge in [0, 0.05) is 26.7 Å². The molecule has 0 bridgehead atoms. The van der Waals surface area contributed by atoms with Crippen LogP contribution in [0.4, 0.5) is 0 Å². The molecule has 0 aromatic rings. The van der Waals surface area contributed by atoms with Gasteiger partial charge in [0.15, 0.2) is 18.9 Å². The van der Waals surface area contributed by atoms with Crippen LogP contribution in [0.25, 0.3) is 0 Å². The number of carboxylic acids is 1. The van der Waals surface area contributed by atoms with Crippen LogP contribution in [0, 0.1) is 0 Å². The van der Waals surface area contributed by atoms with Crippen LogP contribution < -0.4 is 16.0 Å². The first-order chi connectivity index (χ1) is 45.1. The summed E-state index contributed by atoms with van der Waals surface area (Å²) in [5.41, 5.74) is 0. The average Bonchev–Trinajstić information content (AvgIpc) is 0.763. The van der Waals surface area contributed by atoms with Crippen LogP contribution >= 0.6 is 0 Å². The number of amides is 3. The second-order valence-electron chi connectivity index (χ2n) is 26.7. The fourth-order valence-electron chi connectivity index (χ4n) is 13.1. The van der Waals surface area contributed by atoms with Crippen molar-refractivity contribution in [2.45, 2.75) is 374 Å². The van der Waals surface area contributed by atoms with Crippen molar-refractivity contribution in [3.05, 3.63) is 0 Å². The highest BCUT2D eigenvalue weighted by Crippen LogP contribution is 2.40. The number of ether oxygens (including phenoxy) is 8. The molecule has 22 atom stereocenters. The van der Waals surface area contributed by atoms with Crippen molar-refractivity contribution >= 4 is 23.7 Å². The molecule has 15 N–H and O–H groups in total. The molecule has 0 spiro atoms. The van der Waals surface area contributed by atoms with E-state index in [4.69, 9.17) is 37.9 Å². The predicted molar refractivity (Wildman–Crippen MR) is 343 cm³/mol. The van der Waals surface area contributed by atoms with E-state index in [2.05, 4.69) is 29.8 Å². The van der Waals surface area contributed by atoms with E-state index in [1.165, 1.54) is 116 Å². The highest BCUT2D eigenvalue weighted by molar-refractivity contribution is 5.77. The number of aliphatic carboxylic acids is 1. The number of nitrogens with one attached hydrogen (secondary N) is 3. The molecule has 0 aromatic heterocycles. The largest absolute Gasteiger partial charge is 0.477 e. The first kappa shape index (κ1) is 83.5. The van der Waals surface area contributed by atoms with Gasteiger partial charge in [0.05, 0.1) is 50.7 Å². The summed E-state index contributed by atoms with van der Waals surface area (Å²) in [5.74, 6) is -6.82. The molecule has 550 valence electrons. The number of unbranched alkanes of at least 4 members (excludes halogenated alkanes) is 27. The Morgan fingerprint density at radius 2 is 0.989 bits per heavy atom. The molecule has 3 amide bonds. The van der Waals surface area contributed by atoms with Gasteiger partial charge in [-0.2, -0.15) is 0 Å². The lowest BCUT2D eigenvalue weighted by molar-refractivity contribution is -0.391. The summed E-state index contributed by atoms with van der Waals surface area (Å²) in [6, 6.07) is -3.72. The Kier molecular flexibility index (Phi) is 40.6. The molecule has 0 radical (unpaired) electrons. The Morgan fingerprint density at radius 1 is 0.532 bits per heavy atom. The Morgan fingerprint density at radius 3 is 1.47 bits per heavy atom. The maximum Gasteiger partial charge on any atom is 0.364 e. The van der Waals surface area contributed by atoms with Gasteiger partial charge >= 0.3 is 5.97 Å². The van der Waals surface area contributed by atoms with E-state index in [1.807, 2.05) is 0 Å². The molecule has 4 rings (SSSR count). The Bertz CT molecular complexity index is 2080. The summed E-state index contributed by atoms with van der Waals surface area (Å²) in [5, 5.41) is 140. The van der Waals surface area contributed by atoms with Gasteiger partial charge in [0.25, 0.3) is 5.79 Å². The number of hydrogen-bond acceptors (Lipinski definition) is 23. The van der Waals surface area contributed by atoms with Crippen LogP contribution in [0.5, 0.6) is 0 Å². The third-order valence-corrected chi connectivity index (χ3v) is 18.7. The van der Waals surface area contributed by atoms with E-state index in [0.29, 0.717) is 12.8 Å². The zero-order chi connectivity index (χ0) is 69.2. The number of carbonyl (C=O) groups is 4. The van der Waals surface area contributed by atoms with Crippen molar-refractivity contribution in [3.8, 4) is 0 Å². The average molecular weight is 1350 g/mol. The monoisotopic (exact) mass is 1350 g/mol. The number of carboxylic acid groups (broad SMARTS) is 1. The molecular weight excluding hydrogens is 1230 g/mol. The third-order valence-electron chi connectivity index (χ3n) is 18.7. The van der Waals surface area contributed by atoms with Crippen LogP contribution in [0.1, 0.15) is 240 Å². The van der Waals surface area contributed by atoms with Gasteiger partial charge in [0.1, 0.15) is 85.4 Å². The van der Waals surface area contributed by atoms with E-state index in [-0.39, 0.29) is 18.9 Å². The second-order valence-corrected chi connectivity index (χ2v) is 26.7. The molecule has 4 heterocycles. The van der Waals surface area contributed by atoms with Crippen LogP contribution in [0.2, 0.25) is 0 Å². The lowest BCUT2D eigenvalue weighted by Crippen LogP contribution is -2.71. The van der Waals surface area contributed by atoms with Crippen molar-refractivity contribution < 1.29 is 118 Å². The van der Waals surface area contributed by atoms with Gasteiger partial charge in [-0.3, -0.25) is 14.4 Å². The number of hydrogen-bond donors (Lipinski definition) is 15. The highest BCUT2D eigenvalue weighted by atomic mass is 16.8. The van der Waals surface area contributed by atoms with Gasteiger partial charge < -0.3 is 115 Å². The van der Waals surface area contributed by atoms with Gasteiger partial charge in [-0.15, -0.1) is 0 Å². The molecular formula is C67H123N3O24. The Labute approximate surface area is 557 Å². The van der Waals surface area contributed by atoms with Crippen molar-refractivity contribution in [1.82, 2.24) is 16.0 Å². The molecule has 4 fully saturated rings. The lowest BCUT2D eigenvalue weighted by atomic mass is 9.88. The molecule has 4 aliphatic rings. The highest BCUT2D eigenvalue weighted by Gasteiger charge is 2.61. The molecule has 4 aliphatic heterocycles. The maximum atomic E-state index is 13.7. The van der Waals surface area contributed by atoms with Gasteiger partial charge in [-0.1, -0.05) is 194 Å². The summed E-state index contributed by atoms with van der Waals surface area (Å²) in [6.45, 7) is 4.72. The first-order valence-electron chi connectivity index (χ1n) is 35.7. The molecule has 0 unspecified atom stereocenters. The van der Waals surface area contributed by atoms with Crippen molar-refractivity contribution in [2.75, 3.05) is 26.4 Å². The molecule has 27 heteroatoms. The van der Waals surface area contributed by atoms with Crippen LogP contribution in [0.15, 0.2) is 0 Å². The van der Waals surface area contributed by atoms with E-state index in [0.717, 1.165) is 84.5 Å². The third kappa shape index (κ3) is 27.7. The number of carbonyl (C=O) groups excluding carboxylic acids is 3. The van der Waals surface area contributed by atoms with Gasteiger partial charge in [0.2, 0.25) is 17.7 Å². The molecule has 0 aromatic carbocycles. The fraction of sp³-hybridized carbons (Fsp3) is 0.940. The van der Waals surface area contributed by atoms with Crippen molar-refractivity contribution in [1.29, 1.82) is 0 Å². The first-order valence-corrected chi connectivity index (χ1v) is 35.7. The normalized spacial score (nSPS) is 32.3. The summed E-state index contributed by atoms with van der Waals surface area (Å²) >= 11 is 0. The van der Waals surface area contributed by atoms with Crippen molar-refractivity contribution in [3.63, 3.8) is 0 Å². The zero-order valence-corrected chi connectivity index (χ0v) is 56.8. The fourth-order valence-corrected chi connectivity index (χ4v) is 13.1. The smallest absolute Gasteiger partial charge is 0.364 e. The van der Waals surface area contributed by atoms with E-state index in [1.54, 1.807) is 0 Å². The minimum atomic E-state index is -3.15. The summed E-state index contributed by atoms with van der Waals surface area (Å²) in [7, 11) is 0. The van der Waals surface area contributed by atoms with Crippen LogP contribution in [-0.4, -0.2) is 246 Å². The summed E-state index contributed by atoms with van der Waals surface area (Å²) in [4.78, 5) is 52.5. The predicted octanol–water partition coefficient (Wildman–Crippen LogP) is 3.41. The summed E-state index contributed by atoms with van der Waals surface area (Å²) < 4.78 is 49.0. The van der Waals surface area contributed by atoms with E-state index < -0.39 is 178 Å². The van der Waals surface area contributed by atoms with E-state index >= 15 is 0 Å². The van der Waals surface area contributed by atoms with Crippen LogP contribution in [-0.2, 0) is 57.1 Å². The van der Waals surface area contributed by atoms with Crippen molar-refractivity contribution in [2.24, 2.45) is 0 Å². The minimum absolute atomic E-state index is 0.178. The zero-order valence-electron chi connectivity index (χ0n) is 56.8.